The summed E-state index contributed by atoms with van der Waals surface area (Å²) in [5.74, 6) is 0. The first kappa shape index (κ1) is 15.6. The van der Waals surface area contributed by atoms with Gasteiger partial charge in [-0.15, -0.1) is 11.3 Å². The average molecular weight is 293 g/mol. The van der Waals surface area contributed by atoms with Gasteiger partial charge in [0.2, 0.25) is 10.0 Å². The first-order valence-electron chi connectivity index (χ1n) is 5.78. The number of thiophene rings is 1. The Hall–Kier alpha value is -0.470. The predicted octanol–water partition coefficient (Wildman–Crippen LogP) is 1.25. The van der Waals surface area contributed by atoms with Crippen LogP contribution in [0.15, 0.2) is 10.3 Å². The molecule has 0 unspecified atom stereocenters. The number of aliphatic hydroxyl groups is 1. The largest absolute Gasteiger partial charge is 0.391 e. The molecule has 0 bridgehead atoms. The molecule has 0 aliphatic carbocycles. The molecule has 0 fully saturated rings. The summed E-state index contributed by atoms with van der Waals surface area (Å²) in [5, 5.41) is 9.05. The standard InChI is InChI=1S/C11H19NO4S2/c1-3-16-6-4-5-12-18(14,15)11-7-9(2)10(8-13)17-11/h7,12-13H,3-6,8H2,1-2H3. The number of hydrogen-bond acceptors (Lipinski definition) is 5. The summed E-state index contributed by atoms with van der Waals surface area (Å²) in [6.07, 6.45) is 0.643. The van der Waals surface area contributed by atoms with Crippen LogP contribution in [0.4, 0.5) is 0 Å². The highest BCUT2D eigenvalue weighted by Crippen LogP contribution is 2.25. The predicted molar refractivity (Wildman–Crippen MR) is 71.3 cm³/mol. The van der Waals surface area contributed by atoms with Crippen molar-refractivity contribution in [2.45, 2.75) is 31.1 Å². The Kier molecular flexibility index (Phi) is 6.24. The summed E-state index contributed by atoms with van der Waals surface area (Å²) in [7, 11) is -3.46. The van der Waals surface area contributed by atoms with Gasteiger partial charge in [-0.2, -0.15) is 0 Å². The zero-order valence-electron chi connectivity index (χ0n) is 10.6. The number of nitrogens with one attached hydrogen (secondary N) is 1. The second-order valence-corrected chi connectivity index (χ2v) is 6.91. The Morgan fingerprint density at radius 3 is 2.78 bits per heavy atom. The molecule has 0 spiro atoms. The fourth-order valence-corrected chi connectivity index (χ4v) is 3.94. The zero-order chi connectivity index (χ0) is 13.6. The minimum atomic E-state index is -3.46. The highest BCUT2D eigenvalue weighted by Gasteiger charge is 2.17. The van der Waals surface area contributed by atoms with E-state index in [4.69, 9.17) is 9.84 Å². The molecular weight excluding hydrogens is 274 g/mol. The van der Waals surface area contributed by atoms with Crippen molar-refractivity contribution in [2.75, 3.05) is 19.8 Å². The van der Waals surface area contributed by atoms with Crippen LogP contribution in [0.3, 0.4) is 0 Å². The molecule has 1 heterocycles. The second-order valence-electron chi connectivity index (χ2n) is 3.78. The van der Waals surface area contributed by atoms with Gasteiger partial charge >= 0.3 is 0 Å². The fraction of sp³-hybridized carbons (Fsp3) is 0.636. The average Bonchev–Trinajstić information content (AvgIpc) is 2.71. The van der Waals surface area contributed by atoms with Crippen molar-refractivity contribution >= 4 is 21.4 Å². The van der Waals surface area contributed by atoms with E-state index in [1.165, 1.54) is 0 Å². The molecular formula is C11H19NO4S2. The van der Waals surface area contributed by atoms with Crippen molar-refractivity contribution in [2.24, 2.45) is 0 Å². The van der Waals surface area contributed by atoms with E-state index in [-0.39, 0.29) is 10.8 Å². The number of rotatable bonds is 8. The van der Waals surface area contributed by atoms with Gasteiger partial charge in [0.15, 0.2) is 0 Å². The second kappa shape index (κ2) is 7.20. The molecule has 1 rings (SSSR count). The van der Waals surface area contributed by atoms with Crippen molar-refractivity contribution in [3.63, 3.8) is 0 Å². The fourth-order valence-electron chi connectivity index (χ4n) is 1.37. The molecule has 0 aromatic carbocycles. The Morgan fingerprint density at radius 1 is 1.50 bits per heavy atom. The Morgan fingerprint density at radius 2 is 2.22 bits per heavy atom. The van der Waals surface area contributed by atoms with E-state index in [2.05, 4.69) is 4.72 Å². The van der Waals surface area contributed by atoms with E-state index in [9.17, 15) is 8.42 Å². The lowest BCUT2D eigenvalue weighted by atomic mass is 10.3. The summed E-state index contributed by atoms with van der Waals surface area (Å²) in [6.45, 7) is 5.09. The maximum absolute atomic E-state index is 11.9. The molecule has 0 aliphatic rings. The topological polar surface area (TPSA) is 75.6 Å². The van der Waals surface area contributed by atoms with Gasteiger partial charge in [0, 0.05) is 24.6 Å². The molecule has 104 valence electrons. The van der Waals surface area contributed by atoms with Crippen LogP contribution in [0.1, 0.15) is 23.8 Å². The van der Waals surface area contributed by atoms with E-state index in [1.54, 1.807) is 13.0 Å². The summed E-state index contributed by atoms with van der Waals surface area (Å²) in [4.78, 5) is 0.685. The number of hydrogen-bond donors (Lipinski definition) is 2. The normalized spacial score (nSPS) is 11.9. The lowest BCUT2D eigenvalue weighted by Gasteiger charge is -2.04. The lowest BCUT2D eigenvalue weighted by Crippen LogP contribution is -2.24. The quantitative estimate of drug-likeness (QED) is 0.707. The van der Waals surface area contributed by atoms with Gasteiger partial charge in [0.1, 0.15) is 4.21 Å². The third-order valence-corrected chi connectivity index (χ3v) is 5.52. The maximum Gasteiger partial charge on any atom is 0.250 e. The van der Waals surface area contributed by atoms with Gasteiger partial charge in [-0.3, -0.25) is 0 Å². The number of sulfonamides is 1. The first-order valence-corrected chi connectivity index (χ1v) is 8.08. The van der Waals surface area contributed by atoms with Crippen molar-refractivity contribution in [1.82, 2.24) is 4.72 Å². The van der Waals surface area contributed by atoms with Crippen molar-refractivity contribution < 1.29 is 18.3 Å². The van der Waals surface area contributed by atoms with E-state index >= 15 is 0 Å². The van der Waals surface area contributed by atoms with Crippen molar-refractivity contribution in [1.29, 1.82) is 0 Å². The minimum Gasteiger partial charge on any atom is -0.391 e. The van der Waals surface area contributed by atoms with Crippen LogP contribution in [0.25, 0.3) is 0 Å². The van der Waals surface area contributed by atoms with E-state index in [1.807, 2.05) is 6.92 Å². The third kappa shape index (κ3) is 4.33. The molecule has 0 atom stereocenters. The Balaban J connectivity index is 2.57. The van der Waals surface area contributed by atoms with E-state index in [0.29, 0.717) is 31.1 Å². The Labute approximate surface area is 112 Å². The Bertz CT molecular complexity index is 467. The molecule has 0 amide bonds. The highest BCUT2D eigenvalue weighted by atomic mass is 32.2. The lowest BCUT2D eigenvalue weighted by molar-refractivity contribution is 0.146. The van der Waals surface area contributed by atoms with Crippen LogP contribution in [-0.2, 0) is 21.4 Å². The van der Waals surface area contributed by atoms with Gasteiger partial charge in [-0.25, -0.2) is 13.1 Å². The SMILES string of the molecule is CCOCCCNS(=O)(=O)c1cc(C)c(CO)s1. The molecule has 1 aromatic heterocycles. The van der Waals surface area contributed by atoms with E-state index < -0.39 is 10.0 Å². The van der Waals surface area contributed by atoms with Gasteiger partial charge in [-0.05, 0) is 31.9 Å². The number of ether oxygens (including phenoxy) is 1. The van der Waals surface area contributed by atoms with Gasteiger partial charge in [0.05, 0.1) is 6.61 Å². The molecule has 7 heteroatoms. The molecule has 0 radical (unpaired) electrons. The summed E-state index contributed by atoms with van der Waals surface area (Å²) >= 11 is 1.10. The minimum absolute atomic E-state index is 0.129. The van der Waals surface area contributed by atoms with Crippen LogP contribution in [-0.4, -0.2) is 33.3 Å². The van der Waals surface area contributed by atoms with E-state index in [0.717, 1.165) is 16.9 Å². The summed E-state index contributed by atoms with van der Waals surface area (Å²) in [6, 6.07) is 1.58. The summed E-state index contributed by atoms with van der Waals surface area (Å²) in [5.41, 5.74) is 0.803. The smallest absolute Gasteiger partial charge is 0.250 e. The monoisotopic (exact) mass is 293 g/mol. The first-order chi connectivity index (χ1) is 8.51. The molecule has 0 saturated carbocycles. The number of aryl methyl sites for hydroxylation is 1. The zero-order valence-corrected chi connectivity index (χ0v) is 12.2. The van der Waals surface area contributed by atoms with Crippen molar-refractivity contribution in [3.05, 3.63) is 16.5 Å². The molecule has 18 heavy (non-hydrogen) atoms. The van der Waals surface area contributed by atoms with Gasteiger partial charge in [0.25, 0.3) is 0 Å². The van der Waals surface area contributed by atoms with Gasteiger partial charge < -0.3 is 9.84 Å². The van der Waals surface area contributed by atoms with Gasteiger partial charge in [-0.1, -0.05) is 0 Å². The van der Waals surface area contributed by atoms with Crippen LogP contribution in [0.2, 0.25) is 0 Å². The van der Waals surface area contributed by atoms with Crippen molar-refractivity contribution in [3.8, 4) is 0 Å². The molecule has 0 saturated heterocycles. The molecule has 1 aromatic rings. The maximum atomic E-state index is 11.9. The molecule has 0 aliphatic heterocycles. The van der Waals surface area contributed by atoms with Crippen LogP contribution in [0.5, 0.6) is 0 Å². The van der Waals surface area contributed by atoms with Crippen LogP contribution >= 0.6 is 11.3 Å². The highest BCUT2D eigenvalue weighted by molar-refractivity contribution is 7.91. The van der Waals surface area contributed by atoms with Crippen LogP contribution < -0.4 is 4.72 Å². The summed E-state index contributed by atoms with van der Waals surface area (Å²) < 4.78 is 31.7. The third-order valence-electron chi connectivity index (χ3n) is 2.37. The van der Waals surface area contributed by atoms with Crippen LogP contribution in [0, 0.1) is 6.92 Å². The molecule has 2 N–H and O–H groups in total. The molecule has 5 nitrogen and oxygen atoms in total. The number of aliphatic hydroxyl groups excluding tert-OH is 1.